The molecule has 172 valence electrons. The first-order chi connectivity index (χ1) is 14.8. The molecule has 9 nitrogen and oxygen atoms in total. The number of carbonyl (C=O) groups excluding carboxylic acids is 2. The van der Waals surface area contributed by atoms with Gasteiger partial charge in [0.2, 0.25) is 0 Å². The van der Waals surface area contributed by atoms with Crippen molar-refractivity contribution in [2.45, 2.75) is 19.3 Å². The fourth-order valence-corrected chi connectivity index (χ4v) is 2.83. The predicted octanol–water partition coefficient (Wildman–Crippen LogP) is 2.17. The molecule has 1 heterocycles. The first-order valence-electron chi connectivity index (χ1n) is 8.55. The van der Waals surface area contributed by atoms with Crippen molar-refractivity contribution in [3.05, 3.63) is 61.5 Å². The SMILES string of the molecule is O=C(O)CNC(=O)c1c(O)c(C(=O)NCc2ccc(Cl)c(Cl)c2)cn(CC(F)(F)F)c1=O. The third-order valence-electron chi connectivity index (χ3n) is 3.91. The van der Waals surface area contributed by atoms with Crippen molar-refractivity contribution in [1.82, 2.24) is 15.2 Å². The van der Waals surface area contributed by atoms with E-state index in [0.29, 0.717) is 11.8 Å². The number of nitrogens with zero attached hydrogens (tertiary/aromatic N) is 1. The quantitative estimate of drug-likeness (QED) is 0.464. The molecule has 0 unspecified atom stereocenters. The molecule has 0 bridgehead atoms. The largest absolute Gasteiger partial charge is 0.506 e. The number of halogens is 5. The van der Waals surface area contributed by atoms with Gasteiger partial charge in [-0.1, -0.05) is 29.3 Å². The fourth-order valence-electron chi connectivity index (χ4n) is 2.51. The number of pyridine rings is 1. The molecule has 0 saturated heterocycles. The van der Waals surface area contributed by atoms with Crippen molar-refractivity contribution in [3.63, 3.8) is 0 Å². The highest BCUT2D eigenvalue weighted by molar-refractivity contribution is 6.42. The van der Waals surface area contributed by atoms with E-state index in [1.807, 2.05) is 0 Å². The molecule has 2 rings (SSSR count). The second kappa shape index (κ2) is 9.92. The molecule has 14 heteroatoms. The molecule has 1 aromatic heterocycles. The lowest BCUT2D eigenvalue weighted by molar-refractivity contribution is -0.141. The lowest BCUT2D eigenvalue weighted by Crippen LogP contribution is -2.38. The maximum atomic E-state index is 12.9. The molecule has 2 aromatic rings. The standard InChI is InChI=1S/C18H14Cl2F3N3O6/c19-10-2-1-8(3-11(10)20)4-24-15(30)9-6-26(7-18(21,22)23)17(32)13(14(9)29)16(31)25-5-12(27)28/h1-3,6,29H,4-5,7H2,(H,24,30)(H,25,31)(H,27,28). The van der Waals surface area contributed by atoms with Crippen LogP contribution >= 0.6 is 23.2 Å². The summed E-state index contributed by atoms with van der Waals surface area (Å²) >= 11 is 11.6. The summed E-state index contributed by atoms with van der Waals surface area (Å²) in [6.45, 7) is -3.03. The number of hydrogen-bond acceptors (Lipinski definition) is 5. The Balaban J connectivity index is 2.43. The Bertz CT molecular complexity index is 1130. The minimum atomic E-state index is -4.90. The Morgan fingerprint density at radius 2 is 1.72 bits per heavy atom. The normalized spacial score (nSPS) is 11.2. The maximum Gasteiger partial charge on any atom is 0.406 e. The third-order valence-corrected chi connectivity index (χ3v) is 4.65. The van der Waals surface area contributed by atoms with E-state index in [1.54, 1.807) is 5.32 Å². The van der Waals surface area contributed by atoms with E-state index < -0.39 is 59.5 Å². The summed E-state index contributed by atoms with van der Waals surface area (Å²) in [6, 6.07) is 4.36. The van der Waals surface area contributed by atoms with Crippen molar-refractivity contribution in [2.24, 2.45) is 0 Å². The van der Waals surface area contributed by atoms with Gasteiger partial charge in [0.05, 0.1) is 15.6 Å². The van der Waals surface area contributed by atoms with Gasteiger partial charge >= 0.3 is 12.1 Å². The van der Waals surface area contributed by atoms with Gasteiger partial charge in [0, 0.05) is 12.7 Å². The van der Waals surface area contributed by atoms with E-state index in [4.69, 9.17) is 28.3 Å². The fraction of sp³-hybridized carbons (Fsp3) is 0.222. The number of aliphatic carboxylic acids is 1. The molecule has 0 saturated carbocycles. The summed E-state index contributed by atoms with van der Waals surface area (Å²) in [5, 5.41) is 23.4. The van der Waals surface area contributed by atoms with Crippen molar-refractivity contribution >= 4 is 41.0 Å². The number of hydrogen-bond donors (Lipinski definition) is 4. The molecule has 0 fully saturated rings. The third kappa shape index (κ3) is 6.37. The highest BCUT2D eigenvalue weighted by atomic mass is 35.5. The van der Waals surface area contributed by atoms with E-state index in [0.717, 1.165) is 0 Å². The molecule has 1 aromatic carbocycles. The number of benzene rings is 1. The Morgan fingerprint density at radius 3 is 2.28 bits per heavy atom. The number of carboxylic acid groups (broad SMARTS) is 1. The van der Waals surface area contributed by atoms with Crippen LogP contribution in [-0.4, -0.2) is 45.3 Å². The summed E-state index contributed by atoms with van der Waals surface area (Å²) in [5.74, 6) is -5.30. The monoisotopic (exact) mass is 495 g/mol. The average Bonchev–Trinajstić information content (AvgIpc) is 2.68. The van der Waals surface area contributed by atoms with Crippen LogP contribution in [0.1, 0.15) is 26.3 Å². The van der Waals surface area contributed by atoms with Crippen LogP contribution in [0.3, 0.4) is 0 Å². The second-order valence-electron chi connectivity index (χ2n) is 6.32. The van der Waals surface area contributed by atoms with Gasteiger partial charge in [-0.05, 0) is 17.7 Å². The van der Waals surface area contributed by atoms with Gasteiger partial charge in [-0.25, -0.2) is 0 Å². The number of carbonyl (C=O) groups is 3. The zero-order chi connectivity index (χ0) is 24.2. The lowest BCUT2D eigenvalue weighted by atomic mass is 10.1. The van der Waals surface area contributed by atoms with Crippen LogP contribution in [-0.2, 0) is 17.9 Å². The number of rotatable bonds is 7. The molecule has 0 aliphatic heterocycles. The van der Waals surface area contributed by atoms with Gasteiger partial charge in [0.25, 0.3) is 17.4 Å². The van der Waals surface area contributed by atoms with Gasteiger partial charge in [0.15, 0.2) is 0 Å². The van der Waals surface area contributed by atoms with Crippen LogP contribution < -0.4 is 16.2 Å². The van der Waals surface area contributed by atoms with Crippen molar-refractivity contribution < 1.29 is 37.8 Å². The van der Waals surface area contributed by atoms with Crippen molar-refractivity contribution in [2.75, 3.05) is 6.54 Å². The van der Waals surface area contributed by atoms with Crippen LogP contribution in [0.5, 0.6) is 5.75 Å². The molecule has 0 aliphatic carbocycles. The van der Waals surface area contributed by atoms with Crippen molar-refractivity contribution in [1.29, 1.82) is 0 Å². The van der Waals surface area contributed by atoms with Crippen LogP contribution in [0, 0.1) is 0 Å². The molecule has 0 radical (unpaired) electrons. The Kier molecular flexibility index (Phi) is 7.75. The van der Waals surface area contributed by atoms with E-state index in [2.05, 4.69) is 5.32 Å². The number of amides is 2. The van der Waals surface area contributed by atoms with E-state index >= 15 is 0 Å². The second-order valence-corrected chi connectivity index (χ2v) is 7.14. The zero-order valence-corrected chi connectivity index (χ0v) is 17.3. The first kappa shape index (κ1) is 25.0. The number of aromatic hydroxyl groups is 1. The number of aromatic nitrogens is 1. The highest BCUT2D eigenvalue weighted by Gasteiger charge is 2.32. The van der Waals surface area contributed by atoms with Crippen LogP contribution in [0.25, 0.3) is 0 Å². The Hall–Kier alpha value is -3.25. The van der Waals surface area contributed by atoms with Gasteiger partial charge in [-0.15, -0.1) is 0 Å². The number of alkyl halides is 3. The summed E-state index contributed by atoms with van der Waals surface area (Å²) < 4.78 is 38.6. The summed E-state index contributed by atoms with van der Waals surface area (Å²) in [4.78, 5) is 47.6. The van der Waals surface area contributed by atoms with E-state index in [-0.39, 0.29) is 21.2 Å². The van der Waals surface area contributed by atoms with Gasteiger partial charge in [-0.3, -0.25) is 19.2 Å². The molecular formula is C18H14Cl2F3N3O6. The zero-order valence-electron chi connectivity index (χ0n) is 15.8. The summed E-state index contributed by atoms with van der Waals surface area (Å²) in [7, 11) is 0. The van der Waals surface area contributed by atoms with Gasteiger partial charge in [-0.2, -0.15) is 13.2 Å². The maximum absolute atomic E-state index is 12.9. The smallest absolute Gasteiger partial charge is 0.406 e. The average molecular weight is 496 g/mol. The number of carboxylic acids is 1. The lowest BCUT2D eigenvalue weighted by Gasteiger charge is -2.15. The van der Waals surface area contributed by atoms with Gasteiger partial charge in [0.1, 0.15) is 24.4 Å². The minimum absolute atomic E-state index is 0.0173. The predicted molar refractivity (Wildman–Crippen MR) is 106 cm³/mol. The molecule has 2 amide bonds. The minimum Gasteiger partial charge on any atom is -0.506 e. The van der Waals surface area contributed by atoms with Crippen LogP contribution in [0.2, 0.25) is 10.0 Å². The highest BCUT2D eigenvalue weighted by Crippen LogP contribution is 2.24. The molecule has 0 atom stereocenters. The molecule has 0 spiro atoms. The topological polar surface area (TPSA) is 138 Å². The Labute approximate surface area is 187 Å². The summed E-state index contributed by atoms with van der Waals surface area (Å²) in [5.41, 5.74) is -3.13. The van der Waals surface area contributed by atoms with E-state index in [9.17, 15) is 37.5 Å². The molecule has 0 aliphatic rings. The van der Waals surface area contributed by atoms with Crippen molar-refractivity contribution in [3.8, 4) is 5.75 Å². The van der Waals surface area contributed by atoms with Crippen LogP contribution in [0.15, 0.2) is 29.2 Å². The number of nitrogens with one attached hydrogen (secondary N) is 2. The Morgan fingerprint density at radius 1 is 1.06 bits per heavy atom. The first-order valence-corrected chi connectivity index (χ1v) is 9.31. The summed E-state index contributed by atoms with van der Waals surface area (Å²) in [6.07, 6.45) is -4.45. The molecule has 32 heavy (non-hydrogen) atoms. The van der Waals surface area contributed by atoms with E-state index in [1.165, 1.54) is 18.2 Å². The van der Waals surface area contributed by atoms with Crippen LogP contribution in [0.4, 0.5) is 13.2 Å². The molecule has 4 N–H and O–H groups in total. The molecular weight excluding hydrogens is 482 g/mol. The van der Waals surface area contributed by atoms with Gasteiger partial charge < -0.3 is 25.4 Å².